The fraction of sp³-hybridized carbons (Fsp3) is 0.667. The number of hydrogen-bond donors (Lipinski definition) is 1. The molecule has 0 aromatic carbocycles. The zero-order valence-corrected chi connectivity index (χ0v) is 7.14. The van der Waals surface area contributed by atoms with E-state index >= 15 is 0 Å². The molecule has 2 nitrogen and oxygen atoms in total. The molecule has 0 amide bonds. The van der Waals surface area contributed by atoms with E-state index in [1.807, 2.05) is 6.92 Å². The van der Waals surface area contributed by atoms with Gasteiger partial charge in [-0.25, -0.2) is 0 Å². The molecule has 11 heavy (non-hydrogen) atoms. The average Bonchev–Trinajstić information content (AvgIpc) is 2.03. The first kappa shape index (κ1) is 10.2. The van der Waals surface area contributed by atoms with Gasteiger partial charge in [-0.2, -0.15) is 5.26 Å². The van der Waals surface area contributed by atoms with E-state index < -0.39 is 0 Å². The lowest BCUT2D eigenvalue weighted by Gasteiger charge is -1.98. The molecule has 0 saturated carbocycles. The van der Waals surface area contributed by atoms with Crippen LogP contribution in [0, 0.1) is 11.3 Å². The first-order valence-corrected chi connectivity index (χ1v) is 4.10. The Hall–Kier alpha value is -0.810. The van der Waals surface area contributed by atoms with Crippen LogP contribution in [0.1, 0.15) is 26.2 Å². The Morgan fingerprint density at radius 2 is 2.27 bits per heavy atom. The van der Waals surface area contributed by atoms with Gasteiger partial charge in [-0.15, -0.1) is 0 Å². The molecule has 62 valence electrons. The minimum absolute atomic E-state index is 0.615. The highest BCUT2D eigenvalue weighted by Gasteiger charge is 1.84. The fourth-order valence-electron chi connectivity index (χ4n) is 0.781. The lowest BCUT2D eigenvalue weighted by atomic mass is 10.3. The standard InChI is InChI=1S/C9H16N2/c1-2-3-4-5-8-11-9-6-7-10/h2-3,11H,4-6,8-9H2,1H3/b3-2+. The van der Waals surface area contributed by atoms with Gasteiger partial charge in [0.2, 0.25) is 0 Å². The Morgan fingerprint density at radius 3 is 2.91 bits per heavy atom. The van der Waals surface area contributed by atoms with E-state index in [-0.39, 0.29) is 0 Å². The van der Waals surface area contributed by atoms with Gasteiger partial charge < -0.3 is 5.32 Å². The van der Waals surface area contributed by atoms with Crippen molar-refractivity contribution in [3.63, 3.8) is 0 Å². The maximum Gasteiger partial charge on any atom is 0.0635 e. The molecule has 0 unspecified atom stereocenters. The molecule has 0 aliphatic carbocycles. The Labute approximate surface area is 68.9 Å². The van der Waals surface area contributed by atoms with Gasteiger partial charge in [0.15, 0.2) is 0 Å². The molecule has 0 atom stereocenters. The van der Waals surface area contributed by atoms with Gasteiger partial charge in [0.25, 0.3) is 0 Å². The van der Waals surface area contributed by atoms with Crippen LogP contribution in [-0.2, 0) is 0 Å². The Balaban J connectivity index is 2.86. The number of hydrogen-bond acceptors (Lipinski definition) is 2. The van der Waals surface area contributed by atoms with Crippen molar-refractivity contribution in [2.24, 2.45) is 0 Å². The summed E-state index contributed by atoms with van der Waals surface area (Å²) in [4.78, 5) is 0. The van der Waals surface area contributed by atoms with Crippen LogP contribution < -0.4 is 5.32 Å². The molecule has 0 radical (unpaired) electrons. The second-order valence-electron chi connectivity index (χ2n) is 2.37. The molecular weight excluding hydrogens is 136 g/mol. The van der Waals surface area contributed by atoms with Gasteiger partial charge in [-0.05, 0) is 26.3 Å². The molecule has 0 bridgehead atoms. The summed E-state index contributed by atoms with van der Waals surface area (Å²) in [6.07, 6.45) is 7.14. The normalized spacial score (nSPS) is 10.2. The second kappa shape index (κ2) is 9.19. The molecule has 0 saturated heterocycles. The van der Waals surface area contributed by atoms with Crippen LogP contribution in [0.4, 0.5) is 0 Å². The topological polar surface area (TPSA) is 35.8 Å². The summed E-state index contributed by atoms with van der Waals surface area (Å²) in [5.74, 6) is 0. The summed E-state index contributed by atoms with van der Waals surface area (Å²) >= 11 is 0. The van der Waals surface area contributed by atoms with Gasteiger partial charge in [0, 0.05) is 13.0 Å². The second-order valence-corrected chi connectivity index (χ2v) is 2.37. The highest BCUT2D eigenvalue weighted by atomic mass is 14.8. The van der Waals surface area contributed by atoms with Gasteiger partial charge >= 0.3 is 0 Å². The largest absolute Gasteiger partial charge is 0.316 e. The van der Waals surface area contributed by atoms with Gasteiger partial charge in [-0.1, -0.05) is 12.2 Å². The number of rotatable bonds is 6. The van der Waals surface area contributed by atoms with E-state index in [2.05, 4.69) is 23.5 Å². The van der Waals surface area contributed by atoms with Crippen LogP contribution in [0.2, 0.25) is 0 Å². The summed E-state index contributed by atoms with van der Waals surface area (Å²) in [5.41, 5.74) is 0. The monoisotopic (exact) mass is 152 g/mol. The van der Waals surface area contributed by atoms with Crippen LogP contribution in [-0.4, -0.2) is 13.1 Å². The predicted molar refractivity (Wildman–Crippen MR) is 47.1 cm³/mol. The van der Waals surface area contributed by atoms with Crippen molar-refractivity contribution in [3.05, 3.63) is 12.2 Å². The van der Waals surface area contributed by atoms with Crippen LogP contribution in [0.25, 0.3) is 0 Å². The van der Waals surface area contributed by atoms with E-state index in [1.54, 1.807) is 0 Å². The zero-order valence-electron chi connectivity index (χ0n) is 7.14. The third kappa shape index (κ3) is 9.19. The molecule has 1 N–H and O–H groups in total. The van der Waals surface area contributed by atoms with Crippen LogP contribution in [0.5, 0.6) is 0 Å². The summed E-state index contributed by atoms with van der Waals surface area (Å²) in [7, 11) is 0. The molecule has 0 spiro atoms. The molecule has 0 aliphatic heterocycles. The summed E-state index contributed by atoms with van der Waals surface area (Å²) < 4.78 is 0. The summed E-state index contributed by atoms with van der Waals surface area (Å²) in [6, 6.07) is 2.09. The van der Waals surface area contributed by atoms with Gasteiger partial charge in [-0.3, -0.25) is 0 Å². The van der Waals surface area contributed by atoms with Crippen LogP contribution in [0.15, 0.2) is 12.2 Å². The fourth-order valence-corrected chi connectivity index (χ4v) is 0.781. The van der Waals surface area contributed by atoms with Gasteiger partial charge in [0.05, 0.1) is 6.07 Å². The van der Waals surface area contributed by atoms with E-state index in [1.165, 1.54) is 0 Å². The average molecular weight is 152 g/mol. The minimum atomic E-state index is 0.615. The van der Waals surface area contributed by atoms with Crippen molar-refractivity contribution >= 4 is 0 Å². The van der Waals surface area contributed by atoms with E-state index in [9.17, 15) is 0 Å². The number of unbranched alkanes of at least 4 members (excludes halogenated alkanes) is 1. The van der Waals surface area contributed by atoms with Crippen molar-refractivity contribution in [3.8, 4) is 6.07 Å². The lowest BCUT2D eigenvalue weighted by Crippen LogP contribution is -2.15. The first-order chi connectivity index (χ1) is 5.41. The van der Waals surface area contributed by atoms with Crippen molar-refractivity contribution in [2.45, 2.75) is 26.2 Å². The molecule has 0 fully saturated rings. The Morgan fingerprint density at radius 1 is 1.45 bits per heavy atom. The number of nitrogens with one attached hydrogen (secondary N) is 1. The maximum absolute atomic E-state index is 8.21. The van der Waals surface area contributed by atoms with Crippen molar-refractivity contribution in [1.29, 1.82) is 5.26 Å². The molecular formula is C9H16N2. The van der Waals surface area contributed by atoms with E-state index in [0.29, 0.717) is 6.42 Å². The third-order valence-electron chi connectivity index (χ3n) is 1.37. The third-order valence-corrected chi connectivity index (χ3v) is 1.37. The molecule has 0 rings (SSSR count). The SMILES string of the molecule is C/C=C/CCCNCCC#N. The number of allylic oxidation sites excluding steroid dienone is 2. The van der Waals surface area contributed by atoms with Crippen LogP contribution >= 0.6 is 0 Å². The molecule has 0 aromatic rings. The quantitative estimate of drug-likeness (QED) is 0.465. The highest BCUT2D eigenvalue weighted by Crippen LogP contribution is 1.88. The molecule has 2 heteroatoms. The number of nitriles is 1. The zero-order chi connectivity index (χ0) is 8.36. The highest BCUT2D eigenvalue weighted by molar-refractivity contribution is 4.77. The molecule has 0 heterocycles. The van der Waals surface area contributed by atoms with E-state index in [0.717, 1.165) is 25.9 Å². The Kier molecular flexibility index (Phi) is 8.51. The smallest absolute Gasteiger partial charge is 0.0635 e. The summed E-state index contributed by atoms with van der Waals surface area (Å²) in [5, 5.41) is 11.4. The number of nitrogens with zero attached hydrogens (tertiary/aromatic N) is 1. The Bertz CT molecular complexity index is 133. The lowest BCUT2D eigenvalue weighted by molar-refractivity contribution is 0.661. The molecule has 0 aromatic heterocycles. The van der Waals surface area contributed by atoms with Crippen molar-refractivity contribution in [1.82, 2.24) is 5.32 Å². The van der Waals surface area contributed by atoms with Crippen molar-refractivity contribution < 1.29 is 0 Å². The van der Waals surface area contributed by atoms with Gasteiger partial charge in [0.1, 0.15) is 0 Å². The first-order valence-electron chi connectivity index (χ1n) is 4.10. The van der Waals surface area contributed by atoms with Crippen molar-refractivity contribution in [2.75, 3.05) is 13.1 Å². The van der Waals surface area contributed by atoms with E-state index in [4.69, 9.17) is 5.26 Å². The minimum Gasteiger partial charge on any atom is -0.316 e. The predicted octanol–water partition coefficient (Wildman–Crippen LogP) is 1.85. The molecule has 0 aliphatic rings. The summed E-state index contributed by atoms with van der Waals surface area (Å²) in [6.45, 7) is 3.88. The maximum atomic E-state index is 8.21. The van der Waals surface area contributed by atoms with Crippen LogP contribution in [0.3, 0.4) is 0 Å².